The predicted molar refractivity (Wildman–Crippen MR) is 92.3 cm³/mol. The highest BCUT2D eigenvalue weighted by molar-refractivity contribution is 6.04. The van der Waals surface area contributed by atoms with E-state index >= 15 is 0 Å². The molecule has 120 valence electrons. The molecule has 0 bridgehead atoms. The molecule has 0 aliphatic rings. The molecule has 4 heteroatoms. The Hall–Kier alpha value is -2.75. The third kappa shape index (κ3) is 5.18. The normalized spacial score (nSPS) is 9.96. The highest BCUT2D eigenvalue weighted by Crippen LogP contribution is 2.18. The fourth-order valence-corrected chi connectivity index (χ4v) is 1.94. The van der Waals surface area contributed by atoms with E-state index in [2.05, 4.69) is 11.9 Å². The molecule has 2 rings (SSSR count). The van der Waals surface area contributed by atoms with Crippen molar-refractivity contribution in [2.24, 2.45) is 0 Å². The Morgan fingerprint density at radius 3 is 2.61 bits per heavy atom. The molecule has 23 heavy (non-hydrogen) atoms. The van der Waals surface area contributed by atoms with Gasteiger partial charge >= 0.3 is 0 Å². The van der Waals surface area contributed by atoms with Crippen LogP contribution < -0.4 is 14.8 Å². The van der Waals surface area contributed by atoms with E-state index < -0.39 is 0 Å². The van der Waals surface area contributed by atoms with Gasteiger partial charge in [-0.2, -0.15) is 0 Å². The van der Waals surface area contributed by atoms with Crippen LogP contribution in [0.2, 0.25) is 0 Å². The van der Waals surface area contributed by atoms with Crippen LogP contribution >= 0.6 is 0 Å². The van der Waals surface area contributed by atoms with Crippen LogP contribution in [-0.2, 0) is 0 Å². The van der Waals surface area contributed by atoms with Crippen molar-refractivity contribution in [2.75, 3.05) is 18.5 Å². The van der Waals surface area contributed by atoms with Gasteiger partial charge in [0.15, 0.2) is 0 Å². The highest BCUT2D eigenvalue weighted by atomic mass is 16.5. The maximum atomic E-state index is 12.3. The van der Waals surface area contributed by atoms with Gasteiger partial charge in [-0.25, -0.2) is 0 Å². The van der Waals surface area contributed by atoms with Crippen molar-refractivity contribution < 1.29 is 14.3 Å². The number of carbonyl (C=O) groups is 1. The quantitative estimate of drug-likeness (QED) is 0.740. The number of hydrogen-bond acceptors (Lipinski definition) is 3. The number of hydrogen-bond donors (Lipinski definition) is 1. The summed E-state index contributed by atoms with van der Waals surface area (Å²) in [5.74, 6) is 1.26. The van der Waals surface area contributed by atoms with Crippen LogP contribution in [0.5, 0.6) is 11.5 Å². The summed E-state index contributed by atoms with van der Waals surface area (Å²) in [5, 5.41) is 2.85. The minimum absolute atomic E-state index is 0.174. The Labute approximate surface area is 136 Å². The highest BCUT2D eigenvalue weighted by Gasteiger charge is 2.07. The molecule has 0 heterocycles. The van der Waals surface area contributed by atoms with Crippen LogP contribution in [0.3, 0.4) is 0 Å². The largest absolute Gasteiger partial charge is 0.494 e. The first-order chi connectivity index (χ1) is 11.2. The number of ether oxygens (including phenoxy) is 2. The third-order valence-corrected chi connectivity index (χ3v) is 3.05. The molecular formula is C19H21NO3. The monoisotopic (exact) mass is 311 g/mol. The Morgan fingerprint density at radius 2 is 1.91 bits per heavy atom. The summed E-state index contributed by atoms with van der Waals surface area (Å²) < 4.78 is 11.0. The van der Waals surface area contributed by atoms with Gasteiger partial charge in [0, 0.05) is 11.3 Å². The average Bonchev–Trinajstić information content (AvgIpc) is 2.59. The zero-order valence-electron chi connectivity index (χ0n) is 13.2. The van der Waals surface area contributed by atoms with Gasteiger partial charge in [0.1, 0.15) is 18.1 Å². The molecular weight excluding hydrogens is 290 g/mol. The van der Waals surface area contributed by atoms with Crippen LogP contribution in [0.25, 0.3) is 0 Å². The molecule has 2 aromatic rings. The lowest BCUT2D eigenvalue weighted by atomic mass is 10.2. The molecule has 2 aromatic carbocycles. The second-order valence-corrected chi connectivity index (χ2v) is 4.95. The molecule has 1 N–H and O–H groups in total. The van der Waals surface area contributed by atoms with E-state index in [0.717, 1.165) is 12.2 Å². The Bertz CT molecular complexity index is 650. The van der Waals surface area contributed by atoms with E-state index in [1.165, 1.54) is 0 Å². The van der Waals surface area contributed by atoms with Crippen LogP contribution in [0, 0.1) is 0 Å². The lowest BCUT2D eigenvalue weighted by Crippen LogP contribution is -2.12. The summed E-state index contributed by atoms with van der Waals surface area (Å²) in [5.41, 5.74) is 1.27. The molecule has 0 aromatic heterocycles. The van der Waals surface area contributed by atoms with Crippen LogP contribution in [0.15, 0.2) is 61.2 Å². The standard InChI is InChI=1S/C19H21NO3/c1-3-12-22-17-10-8-16(9-11-17)20-19(21)15-6-5-7-18(14-15)23-13-4-2/h3,5-11,14H,1,4,12-13H2,2H3,(H,20,21). The van der Waals surface area contributed by atoms with Crippen molar-refractivity contribution in [2.45, 2.75) is 13.3 Å². The molecule has 0 aliphatic carbocycles. The van der Waals surface area contributed by atoms with Crippen LogP contribution in [0.4, 0.5) is 5.69 Å². The number of benzene rings is 2. The summed E-state index contributed by atoms with van der Waals surface area (Å²) in [7, 11) is 0. The first-order valence-corrected chi connectivity index (χ1v) is 7.61. The number of amides is 1. The Morgan fingerprint density at radius 1 is 1.13 bits per heavy atom. The smallest absolute Gasteiger partial charge is 0.255 e. The summed E-state index contributed by atoms with van der Waals surface area (Å²) >= 11 is 0. The van der Waals surface area contributed by atoms with E-state index in [-0.39, 0.29) is 5.91 Å². The molecule has 0 atom stereocenters. The third-order valence-electron chi connectivity index (χ3n) is 3.05. The zero-order chi connectivity index (χ0) is 16.5. The van der Waals surface area contributed by atoms with Crippen LogP contribution in [0.1, 0.15) is 23.7 Å². The molecule has 0 saturated carbocycles. The van der Waals surface area contributed by atoms with Crippen molar-refractivity contribution in [3.8, 4) is 11.5 Å². The van der Waals surface area contributed by atoms with Crippen molar-refractivity contribution in [3.05, 3.63) is 66.7 Å². The molecule has 0 spiro atoms. The SMILES string of the molecule is C=CCOc1ccc(NC(=O)c2cccc(OCCC)c2)cc1. The summed E-state index contributed by atoms with van der Waals surface area (Å²) in [6.07, 6.45) is 2.61. The van der Waals surface area contributed by atoms with E-state index in [4.69, 9.17) is 9.47 Å². The Kier molecular flexibility index (Phi) is 6.24. The van der Waals surface area contributed by atoms with E-state index in [1.54, 1.807) is 42.5 Å². The van der Waals surface area contributed by atoms with Gasteiger partial charge in [0.25, 0.3) is 5.91 Å². The minimum atomic E-state index is -0.174. The summed E-state index contributed by atoms with van der Waals surface area (Å²) in [4.78, 5) is 12.3. The van der Waals surface area contributed by atoms with E-state index in [9.17, 15) is 4.79 Å². The fraction of sp³-hybridized carbons (Fsp3) is 0.211. The minimum Gasteiger partial charge on any atom is -0.494 e. The summed E-state index contributed by atoms with van der Waals surface area (Å²) in [6.45, 7) is 6.73. The average molecular weight is 311 g/mol. The first kappa shape index (κ1) is 16.6. The van der Waals surface area contributed by atoms with Gasteiger partial charge in [-0.1, -0.05) is 25.6 Å². The number of carbonyl (C=O) groups excluding carboxylic acids is 1. The first-order valence-electron chi connectivity index (χ1n) is 7.61. The molecule has 0 fully saturated rings. The zero-order valence-corrected chi connectivity index (χ0v) is 13.2. The van der Waals surface area contributed by atoms with E-state index in [1.807, 2.05) is 19.1 Å². The lowest BCUT2D eigenvalue weighted by molar-refractivity contribution is 0.102. The van der Waals surface area contributed by atoms with Gasteiger partial charge in [0.05, 0.1) is 6.61 Å². The van der Waals surface area contributed by atoms with Gasteiger partial charge in [-0.3, -0.25) is 4.79 Å². The van der Waals surface area contributed by atoms with Gasteiger partial charge < -0.3 is 14.8 Å². The molecule has 4 nitrogen and oxygen atoms in total. The fourth-order valence-electron chi connectivity index (χ4n) is 1.94. The summed E-state index contributed by atoms with van der Waals surface area (Å²) in [6, 6.07) is 14.4. The van der Waals surface area contributed by atoms with Gasteiger partial charge in [-0.15, -0.1) is 0 Å². The second kappa shape index (κ2) is 8.63. The number of anilines is 1. The van der Waals surface area contributed by atoms with Crippen LogP contribution in [-0.4, -0.2) is 19.1 Å². The topological polar surface area (TPSA) is 47.6 Å². The molecule has 0 aliphatic heterocycles. The lowest BCUT2D eigenvalue weighted by Gasteiger charge is -2.09. The van der Waals surface area contributed by atoms with Crippen molar-refractivity contribution in [1.82, 2.24) is 0 Å². The second-order valence-electron chi connectivity index (χ2n) is 4.95. The molecule has 0 saturated heterocycles. The Balaban J connectivity index is 1.99. The van der Waals surface area contributed by atoms with Crippen molar-refractivity contribution in [1.29, 1.82) is 0 Å². The number of rotatable bonds is 8. The maximum absolute atomic E-state index is 12.3. The predicted octanol–water partition coefficient (Wildman–Crippen LogP) is 4.29. The van der Waals surface area contributed by atoms with Crippen molar-refractivity contribution >= 4 is 11.6 Å². The maximum Gasteiger partial charge on any atom is 0.255 e. The molecule has 0 radical (unpaired) electrons. The molecule has 0 unspecified atom stereocenters. The number of nitrogens with one attached hydrogen (secondary N) is 1. The van der Waals surface area contributed by atoms with E-state index in [0.29, 0.717) is 30.2 Å². The van der Waals surface area contributed by atoms with Crippen molar-refractivity contribution in [3.63, 3.8) is 0 Å². The van der Waals surface area contributed by atoms with Gasteiger partial charge in [0.2, 0.25) is 0 Å². The molecule has 1 amide bonds. The van der Waals surface area contributed by atoms with Gasteiger partial charge in [-0.05, 0) is 48.9 Å².